The number of benzene rings is 1. The molecule has 2 nitrogen and oxygen atoms in total. The average Bonchev–Trinajstić information content (AvgIpc) is 2.95. The Bertz CT molecular complexity index is 517. The molecule has 1 aromatic rings. The van der Waals surface area contributed by atoms with Gasteiger partial charge in [-0.1, -0.05) is 37.1 Å². The fourth-order valence-corrected chi connectivity index (χ4v) is 2.85. The van der Waals surface area contributed by atoms with Crippen molar-refractivity contribution in [2.24, 2.45) is 0 Å². The lowest BCUT2D eigenvalue weighted by molar-refractivity contribution is 0.121. The third-order valence-corrected chi connectivity index (χ3v) is 3.96. The molecule has 2 rings (SSSR count). The molecule has 1 aromatic carbocycles. The first-order chi connectivity index (χ1) is 10.1. The molecular weight excluding hydrogens is 260 g/mol. The maximum atomic E-state index is 9.87. The Balaban J connectivity index is 2.10. The maximum Gasteiger partial charge on any atom is 0.121 e. The Morgan fingerprint density at radius 3 is 2.57 bits per heavy atom. The second-order valence-electron chi connectivity index (χ2n) is 5.89. The lowest BCUT2D eigenvalue weighted by Crippen LogP contribution is -2.04. The monoisotopic (exact) mass is 286 g/mol. The molecule has 1 heterocycles. The molecular formula is C19H26O2. The Morgan fingerprint density at radius 1 is 1.29 bits per heavy atom. The minimum atomic E-state index is 0.286. The van der Waals surface area contributed by atoms with Crippen molar-refractivity contribution in [3.63, 3.8) is 0 Å². The quantitative estimate of drug-likeness (QED) is 0.751. The average molecular weight is 286 g/mol. The molecule has 1 atom stereocenters. The second kappa shape index (κ2) is 7.46. The summed E-state index contributed by atoms with van der Waals surface area (Å²) in [5.74, 6) is 0.411. The number of phenolic OH excluding ortho intramolecular Hbond substituents is 1. The fraction of sp³-hybridized carbons (Fsp3) is 0.474. The van der Waals surface area contributed by atoms with Gasteiger partial charge in [-0.15, -0.1) is 0 Å². The van der Waals surface area contributed by atoms with Gasteiger partial charge in [0.05, 0.1) is 12.7 Å². The number of ether oxygens (including phenoxy) is 1. The largest absolute Gasteiger partial charge is 0.507 e. The Kier molecular flexibility index (Phi) is 5.63. The molecule has 0 fully saturated rings. The van der Waals surface area contributed by atoms with E-state index < -0.39 is 0 Å². The number of rotatable bonds is 6. The lowest BCUT2D eigenvalue weighted by Gasteiger charge is -2.12. The van der Waals surface area contributed by atoms with Crippen LogP contribution in [0.5, 0.6) is 5.75 Å². The van der Waals surface area contributed by atoms with Gasteiger partial charge >= 0.3 is 0 Å². The smallest absolute Gasteiger partial charge is 0.121 e. The lowest BCUT2D eigenvalue weighted by atomic mass is 9.98. The standard InChI is InChI=1S/C19H26O2/c1-4-6-16(8-9-18-7-5-10-21-18)13-17-11-14(2)19(20)15(3)12-17/h5,7,11-13,18,20H,4,6,8-10H2,1-3H3/b16-13+/t18-/m0/s1. The van der Waals surface area contributed by atoms with E-state index in [1.165, 1.54) is 11.1 Å². The highest BCUT2D eigenvalue weighted by Crippen LogP contribution is 2.26. The van der Waals surface area contributed by atoms with Gasteiger partial charge in [0.1, 0.15) is 5.75 Å². The van der Waals surface area contributed by atoms with E-state index in [1.54, 1.807) is 0 Å². The van der Waals surface area contributed by atoms with Crippen molar-refractivity contribution in [1.82, 2.24) is 0 Å². The van der Waals surface area contributed by atoms with Crippen LogP contribution in [0.25, 0.3) is 6.08 Å². The number of hydrogen-bond donors (Lipinski definition) is 1. The van der Waals surface area contributed by atoms with Gasteiger partial charge in [-0.05, 0) is 61.9 Å². The van der Waals surface area contributed by atoms with Crippen LogP contribution in [-0.2, 0) is 4.74 Å². The molecule has 0 bridgehead atoms. The summed E-state index contributed by atoms with van der Waals surface area (Å²) in [6, 6.07) is 4.12. The van der Waals surface area contributed by atoms with Crippen molar-refractivity contribution in [2.45, 2.75) is 52.6 Å². The van der Waals surface area contributed by atoms with Crippen LogP contribution in [0.3, 0.4) is 0 Å². The molecule has 21 heavy (non-hydrogen) atoms. The van der Waals surface area contributed by atoms with E-state index in [9.17, 15) is 5.11 Å². The molecule has 0 saturated heterocycles. The summed E-state index contributed by atoms with van der Waals surface area (Å²) >= 11 is 0. The highest BCUT2D eigenvalue weighted by Gasteiger charge is 2.10. The van der Waals surface area contributed by atoms with Gasteiger partial charge in [0.15, 0.2) is 0 Å². The zero-order valence-corrected chi connectivity index (χ0v) is 13.4. The highest BCUT2D eigenvalue weighted by molar-refractivity contribution is 5.58. The summed E-state index contributed by atoms with van der Waals surface area (Å²) < 4.78 is 5.61. The van der Waals surface area contributed by atoms with Gasteiger partial charge < -0.3 is 9.84 Å². The number of allylic oxidation sites excluding steroid dienone is 1. The van der Waals surface area contributed by atoms with Gasteiger partial charge in [0, 0.05) is 0 Å². The van der Waals surface area contributed by atoms with Crippen LogP contribution in [0, 0.1) is 13.8 Å². The molecule has 0 radical (unpaired) electrons. The molecule has 0 aliphatic carbocycles. The van der Waals surface area contributed by atoms with Crippen LogP contribution in [0.1, 0.15) is 49.3 Å². The third kappa shape index (κ3) is 4.47. The summed E-state index contributed by atoms with van der Waals surface area (Å²) in [6.07, 6.45) is 11.2. The van der Waals surface area contributed by atoms with Gasteiger partial charge in [-0.3, -0.25) is 0 Å². The van der Waals surface area contributed by atoms with Gasteiger partial charge in [0.2, 0.25) is 0 Å². The number of aryl methyl sites for hydroxylation is 2. The van der Waals surface area contributed by atoms with Crippen molar-refractivity contribution >= 4 is 6.08 Å². The highest BCUT2D eigenvalue weighted by atomic mass is 16.5. The molecule has 1 aliphatic heterocycles. The van der Waals surface area contributed by atoms with Gasteiger partial charge in [-0.2, -0.15) is 0 Å². The fourth-order valence-electron chi connectivity index (χ4n) is 2.85. The summed E-state index contributed by atoms with van der Waals surface area (Å²) in [4.78, 5) is 0. The van der Waals surface area contributed by atoms with Crippen molar-refractivity contribution in [1.29, 1.82) is 0 Å². The van der Waals surface area contributed by atoms with E-state index >= 15 is 0 Å². The molecule has 2 heteroatoms. The topological polar surface area (TPSA) is 29.5 Å². The van der Waals surface area contributed by atoms with E-state index in [4.69, 9.17) is 4.74 Å². The first-order valence-electron chi connectivity index (χ1n) is 7.88. The van der Waals surface area contributed by atoms with Crippen molar-refractivity contribution < 1.29 is 9.84 Å². The van der Waals surface area contributed by atoms with E-state index in [2.05, 4.69) is 37.3 Å². The van der Waals surface area contributed by atoms with Crippen LogP contribution < -0.4 is 0 Å². The van der Waals surface area contributed by atoms with Crippen LogP contribution in [-0.4, -0.2) is 17.8 Å². The molecule has 0 aromatic heterocycles. The van der Waals surface area contributed by atoms with Crippen molar-refractivity contribution in [3.05, 3.63) is 46.5 Å². The Hall–Kier alpha value is -1.54. The summed E-state index contributed by atoms with van der Waals surface area (Å²) in [7, 11) is 0. The zero-order chi connectivity index (χ0) is 15.2. The molecule has 0 saturated carbocycles. The number of aromatic hydroxyl groups is 1. The van der Waals surface area contributed by atoms with Gasteiger partial charge in [0.25, 0.3) is 0 Å². The Morgan fingerprint density at radius 2 is 2.00 bits per heavy atom. The van der Waals surface area contributed by atoms with E-state index in [0.29, 0.717) is 5.75 Å². The van der Waals surface area contributed by atoms with E-state index in [-0.39, 0.29) is 6.10 Å². The van der Waals surface area contributed by atoms with Gasteiger partial charge in [-0.25, -0.2) is 0 Å². The normalized spacial score (nSPS) is 18.4. The molecule has 114 valence electrons. The molecule has 1 N–H and O–H groups in total. The molecule has 0 amide bonds. The van der Waals surface area contributed by atoms with E-state index in [1.807, 2.05) is 13.8 Å². The van der Waals surface area contributed by atoms with Crippen molar-refractivity contribution in [2.75, 3.05) is 6.61 Å². The summed E-state index contributed by atoms with van der Waals surface area (Å²) in [5.41, 5.74) is 4.54. The second-order valence-corrected chi connectivity index (χ2v) is 5.89. The summed E-state index contributed by atoms with van der Waals surface area (Å²) in [5, 5.41) is 9.87. The minimum absolute atomic E-state index is 0.286. The van der Waals surface area contributed by atoms with Crippen LogP contribution in [0.2, 0.25) is 0 Å². The maximum absolute atomic E-state index is 9.87. The van der Waals surface area contributed by atoms with E-state index in [0.717, 1.165) is 43.4 Å². The first-order valence-corrected chi connectivity index (χ1v) is 7.88. The minimum Gasteiger partial charge on any atom is -0.507 e. The molecule has 1 aliphatic rings. The molecule has 0 spiro atoms. The predicted molar refractivity (Wildman–Crippen MR) is 88.6 cm³/mol. The predicted octanol–water partition coefficient (Wildman–Crippen LogP) is 4.93. The SMILES string of the molecule is CCC/C(=C\c1cc(C)c(O)c(C)c1)CC[C@@H]1C=CCO1. The van der Waals surface area contributed by atoms with Crippen LogP contribution >= 0.6 is 0 Å². The number of phenols is 1. The third-order valence-electron chi connectivity index (χ3n) is 3.96. The van der Waals surface area contributed by atoms with Crippen LogP contribution in [0.4, 0.5) is 0 Å². The first kappa shape index (κ1) is 15.8. The van der Waals surface area contributed by atoms with Crippen molar-refractivity contribution in [3.8, 4) is 5.75 Å². The Labute approximate surface area is 128 Å². The summed E-state index contributed by atoms with van der Waals surface area (Å²) in [6.45, 7) is 6.88. The zero-order valence-electron chi connectivity index (χ0n) is 13.4. The number of hydrogen-bond acceptors (Lipinski definition) is 2. The van der Waals surface area contributed by atoms with Crippen LogP contribution in [0.15, 0.2) is 29.9 Å². The molecule has 0 unspecified atom stereocenters.